The summed E-state index contributed by atoms with van der Waals surface area (Å²) >= 11 is 5.81. The first kappa shape index (κ1) is 17.3. The lowest BCUT2D eigenvalue weighted by Gasteiger charge is -2.41. The van der Waals surface area contributed by atoms with Crippen molar-refractivity contribution in [2.75, 3.05) is 19.6 Å². The van der Waals surface area contributed by atoms with E-state index in [1.165, 1.54) is 25.7 Å². The quantitative estimate of drug-likeness (QED) is 0.905. The van der Waals surface area contributed by atoms with Gasteiger partial charge in [0, 0.05) is 36.6 Å². The van der Waals surface area contributed by atoms with E-state index in [-0.39, 0.29) is 11.8 Å². The average molecular weight is 349 g/mol. The summed E-state index contributed by atoms with van der Waals surface area (Å²) in [4.78, 5) is 26.4. The second kappa shape index (κ2) is 8.02. The molecule has 24 heavy (non-hydrogen) atoms. The molecule has 2 aliphatic rings. The van der Waals surface area contributed by atoms with Gasteiger partial charge in [0.2, 0.25) is 5.91 Å². The molecule has 0 spiro atoms. The zero-order valence-corrected chi connectivity index (χ0v) is 14.7. The Hall–Kier alpha value is -1.55. The SMILES string of the molecule is O=C(NCCC(=O)N1CC[C@@H]2CCCC[C@H]2C1)c1ccc(Cl)cc1. The smallest absolute Gasteiger partial charge is 0.251 e. The van der Waals surface area contributed by atoms with Crippen molar-refractivity contribution >= 4 is 23.4 Å². The third-order valence-electron chi connectivity index (χ3n) is 5.37. The van der Waals surface area contributed by atoms with Crippen molar-refractivity contribution in [3.63, 3.8) is 0 Å². The summed E-state index contributed by atoms with van der Waals surface area (Å²) in [5.74, 6) is 1.52. The summed E-state index contributed by atoms with van der Waals surface area (Å²) in [6.45, 7) is 2.17. The minimum atomic E-state index is -0.162. The topological polar surface area (TPSA) is 49.4 Å². The molecule has 1 saturated carbocycles. The molecule has 1 aliphatic carbocycles. The second-order valence-corrected chi connectivity index (χ2v) is 7.38. The Kier molecular flexibility index (Phi) is 5.77. The molecule has 0 aromatic heterocycles. The number of fused-ring (bicyclic) bond motifs is 1. The van der Waals surface area contributed by atoms with Crippen molar-refractivity contribution in [2.45, 2.75) is 38.5 Å². The summed E-state index contributed by atoms with van der Waals surface area (Å²) in [7, 11) is 0. The number of halogens is 1. The van der Waals surface area contributed by atoms with Crippen LogP contribution in [-0.2, 0) is 4.79 Å². The van der Waals surface area contributed by atoms with Crippen molar-refractivity contribution < 1.29 is 9.59 Å². The first-order valence-corrected chi connectivity index (χ1v) is 9.33. The number of hydrogen-bond donors (Lipinski definition) is 1. The molecule has 2 fully saturated rings. The fourth-order valence-electron chi connectivity index (χ4n) is 3.97. The highest BCUT2D eigenvalue weighted by atomic mass is 35.5. The molecule has 3 rings (SSSR count). The first-order valence-electron chi connectivity index (χ1n) is 8.95. The maximum absolute atomic E-state index is 12.4. The minimum Gasteiger partial charge on any atom is -0.352 e. The van der Waals surface area contributed by atoms with Crippen molar-refractivity contribution in [1.29, 1.82) is 0 Å². The molecule has 1 aromatic rings. The summed E-state index contributed by atoms with van der Waals surface area (Å²) < 4.78 is 0. The van der Waals surface area contributed by atoms with E-state index >= 15 is 0 Å². The zero-order valence-electron chi connectivity index (χ0n) is 14.0. The number of nitrogens with zero attached hydrogens (tertiary/aromatic N) is 1. The van der Waals surface area contributed by atoms with Crippen LogP contribution in [0.15, 0.2) is 24.3 Å². The van der Waals surface area contributed by atoms with Crippen molar-refractivity contribution in [3.05, 3.63) is 34.9 Å². The number of nitrogens with one attached hydrogen (secondary N) is 1. The molecule has 0 unspecified atom stereocenters. The number of piperidine rings is 1. The number of likely N-dealkylation sites (tertiary alicyclic amines) is 1. The average Bonchev–Trinajstić information content (AvgIpc) is 2.61. The molecular weight excluding hydrogens is 324 g/mol. The summed E-state index contributed by atoms with van der Waals surface area (Å²) in [5, 5.41) is 3.42. The van der Waals surface area contributed by atoms with Crippen molar-refractivity contribution in [3.8, 4) is 0 Å². The lowest BCUT2D eigenvalue weighted by molar-refractivity contribution is -0.134. The molecule has 4 nitrogen and oxygen atoms in total. The number of carbonyl (C=O) groups is 2. The van der Waals surface area contributed by atoms with Gasteiger partial charge in [-0.3, -0.25) is 9.59 Å². The van der Waals surface area contributed by atoms with Crippen LogP contribution in [0.2, 0.25) is 5.02 Å². The molecule has 1 aromatic carbocycles. The highest BCUT2D eigenvalue weighted by Crippen LogP contribution is 2.36. The molecule has 0 bridgehead atoms. The van der Waals surface area contributed by atoms with Gasteiger partial charge in [-0.2, -0.15) is 0 Å². The van der Waals surface area contributed by atoms with E-state index in [0.29, 0.717) is 29.5 Å². The highest BCUT2D eigenvalue weighted by molar-refractivity contribution is 6.30. The third kappa shape index (κ3) is 4.29. The Morgan fingerprint density at radius 3 is 2.54 bits per heavy atom. The van der Waals surface area contributed by atoms with E-state index < -0.39 is 0 Å². The Morgan fingerprint density at radius 2 is 1.79 bits per heavy atom. The molecule has 130 valence electrons. The Labute approximate surface area is 148 Å². The lowest BCUT2D eigenvalue weighted by atomic mass is 9.75. The van der Waals surface area contributed by atoms with Gasteiger partial charge in [-0.15, -0.1) is 0 Å². The van der Waals surface area contributed by atoms with E-state index in [1.54, 1.807) is 24.3 Å². The Balaban J connectivity index is 1.42. The van der Waals surface area contributed by atoms with Gasteiger partial charge in [-0.25, -0.2) is 0 Å². The van der Waals surface area contributed by atoms with Crippen LogP contribution in [0.25, 0.3) is 0 Å². The third-order valence-corrected chi connectivity index (χ3v) is 5.63. The number of amides is 2. The fourth-order valence-corrected chi connectivity index (χ4v) is 4.10. The molecule has 1 heterocycles. The monoisotopic (exact) mass is 348 g/mol. The molecule has 1 saturated heterocycles. The number of carbonyl (C=O) groups excluding carboxylic acids is 2. The predicted octanol–water partition coefficient (Wildman–Crippen LogP) is 3.50. The lowest BCUT2D eigenvalue weighted by Crippen LogP contribution is -2.45. The molecule has 5 heteroatoms. The number of rotatable bonds is 4. The molecule has 1 N–H and O–H groups in total. The zero-order chi connectivity index (χ0) is 16.9. The van der Waals surface area contributed by atoms with Crippen LogP contribution < -0.4 is 5.32 Å². The summed E-state index contributed by atoms with van der Waals surface area (Å²) in [6, 6.07) is 6.76. The van der Waals surface area contributed by atoms with Gasteiger partial charge in [0.15, 0.2) is 0 Å². The summed E-state index contributed by atoms with van der Waals surface area (Å²) in [5.41, 5.74) is 0.565. The molecular formula is C19H25ClN2O2. The van der Waals surface area contributed by atoms with Crippen LogP contribution in [0, 0.1) is 11.8 Å². The molecule has 2 amide bonds. The molecule has 1 aliphatic heterocycles. The Bertz CT molecular complexity index is 588. The van der Waals surface area contributed by atoms with Gasteiger partial charge in [-0.1, -0.05) is 30.9 Å². The first-order chi connectivity index (χ1) is 11.6. The summed E-state index contributed by atoms with van der Waals surface area (Å²) in [6.07, 6.45) is 6.78. The van der Waals surface area contributed by atoms with Crippen LogP contribution in [0.5, 0.6) is 0 Å². The normalized spacial score (nSPS) is 23.5. The van der Waals surface area contributed by atoms with E-state index in [4.69, 9.17) is 11.6 Å². The van der Waals surface area contributed by atoms with E-state index in [2.05, 4.69) is 5.32 Å². The van der Waals surface area contributed by atoms with Crippen LogP contribution >= 0.6 is 11.6 Å². The van der Waals surface area contributed by atoms with Gasteiger partial charge >= 0.3 is 0 Å². The minimum absolute atomic E-state index is 0.162. The van der Waals surface area contributed by atoms with Gasteiger partial charge in [-0.05, 0) is 48.9 Å². The van der Waals surface area contributed by atoms with E-state index in [1.807, 2.05) is 4.90 Å². The van der Waals surface area contributed by atoms with Crippen molar-refractivity contribution in [1.82, 2.24) is 10.2 Å². The van der Waals surface area contributed by atoms with Crippen LogP contribution in [0.3, 0.4) is 0 Å². The van der Waals surface area contributed by atoms with Gasteiger partial charge in [0.25, 0.3) is 5.91 Å². The maximum Gasteiger partial charge on any atom is 0.251 e. The van der Waals surface area contributed by atoms with Crippen molar-refractivity contribution in [2.24, 2.45) is 11.8 Å². The fraction of sp³-hybridized carbons (Fsp3) is 0.579. The molecule has 2 atom stereocenters. The predicted molar refractivity (Wildman–Crippen MR) is 95.0 cm³/mol. The largest absolute Gasteiger partial charge is 0.352 e. The van der Waals surface area contributed by atoms with Gasteiger partial charge in [0.1, 0.15) is 0 Å². The number of benzene rings is 1. The molecule has 0 radical (unpaired) electrons. The van der Waals surface area contributed by atoms with Gasteiger partial charge in [0.05, 0.1) is 0 Å². The Morgan fingerprint density at radius 1 is 1.08 bits per heavy atom. The van der Waals surface area contributed by atoms with Crippen LogP contribution in [0.4, 0.5) is 0 Å². The van der Waals surface area contributed by atoms with Gasteiger partial charge < -0.3 is 10.2 Å². The van der Waals surface area contributed by atoms with E-state index in [0.717, 1.165) is 25.4 Å². The number of hydrogen-bond acceptors (Lipinski definition) is 2. The second-order valence-electron chi connectivity index (χ2n) is 6.95. The van der Waals surface area contributed by atoms with E-state index in [9.17, 15) is 9.59 Å². The highest BCUT2D eigenvalue weighted by Gasteiger charge is 2.32. The van der Waals surface area contributed by atoms with Crippen LogP contribution in [-0.4, -0.2) is 36.3 Å². The standard InChI is InChI=1S/C19H25ClN2O2/c20-17-7-5-15(6-8-17)19(24)21-11-9-18(23)22-12-10-14-3-1-2-4-16(14)13-22/h5-8,14,16H,1-4,9-13H2,(H,21,24)/t14-,16-/m0/s1. The van der Waals surface area contributed by atoms with Crippen LogP contribution in [0.1, 0.15) is 48.9 Å². The maximum atomic E-state index is 12.4.